The molecule has 0 N–H and O–H groups in total. The lowest BCUT2D eigenvalue weighted by molar-refractivity contribution is 1.64. The van der Waals surface area contributed by atoms with Gasteiger partial charge >= 0.3 is 0 Å². The molecule has 1 heterocycles. The van der Waals surface area contributed by atoms with E-state index < -0.39 is 0 Å². The van der Waals surface area contributed by atoms with Crippen LogP contribution in [0.5, 0.6) is 0 Å². The largest absolute Gasteiger partial charge is 0.253 e. The van der Waals surface area contributed by atoms with Crippen molar-refractivity contribution in [1.82, 2.24) is 0 Å². The Bertz CT molecular complexity index is 248. The Morgan fingerprint density at radius 2 is 2.50 bits per heavy atom. The molecule has 0 radical (unpaired) electrons. The van der Waals surface area contributed by atoms with Crippen LogP contribution in [-0.2, 0) is 0 Å². The Hall–Kier alpha value is -0.890. The lowest BCUT2D eigenvalue weighted by Gasteiger charge is -1.86. The van der Waals surface area contributed by atoms with E-state index >= 15 is 0 Å². The molecule has 0 aliphatic carbocycles. The molecule has 0 saturated heterocycles. The van der Waals surface area contributed by atoms with Gasteiger partial charge in [0.15, 0.2) is 0 Å². The molecule has 1 rings (SSSR count). The summed E-state index contributed by atoms with van der Waals surface area (Å²) in [6.07, 6.45) is 4.03. The Balaban J connectivity index is 3.00. The van der Waals surface area contributed by atoms with E-state index in [-0.39, 0.29) is 0 Å². The van der Waals surface area contributed by atoms with Crippen molar-refractivity contribution < 1.29 is 0 Å². The third-order valence-electron chi connectivity index (χ3n) is 1.16. The predicted molar refractivity (Wildman–Crippen MR) is 48.2 cm³/mol. The number of aliphatic imine (C=N–C) groups is 1. The average molecular weight is 151 g/mol. The second-order valence-electron chi connectivity index (χ2n) is 1.84. The first kappa shape index (κ1) is 7.22. The van der Waals surface area contributed by atoms with Crippen LogP contribution >= 0.6 is 11.3 Å². The molecule has 0 amide bonds. The summed E-state index contributed by atoms with van der Waals surface area (Å²) in [7, 11) is 0. The maximum absolute atomic E-state index is 3.87. The second kappa shape index (κ2) is 3.32. The number of rotatable bonds is 2. The van der Waals surface area contributed by atoms with Gasteiger partial charge in [0.25, 0.3) is 0 Å². The van der Waals surface area contributed by atoms with Gasteiger partial charge in [0.2, 0.25) is 0 Å². The lowest BCUT2D eigenvalue weighted by Crippen LogP contribution is -1.60. The van der Waals surface area contributed by atoms with Gasteiger partial charge in [0.1, 0.15) is 5.00 Å². The van der Waals surface area contributed by atoms with E-state index in [2.05, 4.69) is 11.7 Å². The zero-order valence-corrected chi connectivity index (χ0v) is 6.69. The van der Waals surface area contributed by atoms with Crippen LogP contribution in [0.2, 0.25) is 0 Å². The van der Waals surface area contributed by atoms with Gasteiger partial charge in [-0.05, 0) is 25.1 Å². The summed E-state index contributed by atoms with van der Waals surface area (Å²) in [4.78, 5) is 3.87. The molecule has 1 aromatic heterocycles. The molecule has 0 fully saturated rings. The van der Waals surface area contributed by atoms with E-state index in [1.165, 1.54) is 0 Å². The fourth-order valence-electron chi connectivity index (χ4n) is 0.746. The van der Waals surface area contributed by atoms with Crippen molar-refractivity contribution in [2.75, 3.05) is 0 Å². The van der Waals surface area contributed by atoms with Crippen molar-refractivity contribution in [3.8, 4) is 0 Å². The first-order valence-electron chi connectivity index (χ1n) is 3.05. The van der Waals surface area contributed by atoms with Crippen molar-refractivity contribution in [3.05, 3.63) is 23.1 Å². The van der Waals surface area contributed by atoms with Crippen LogP contribution in [0.1, 0.15) is 12.5 Å². The number of hydrogen-bond donors (Lipinski definition) is 0. The van der Waals surface area contributed by atoms with Crippen LogP contribution in [-0.4, -0.2) is 6.72 Å². The molecule has 0 saturated carbocycles. The van der Waals surface area contributed by atoms with Gasteiger partial charge in [-0.3, -0.25) is 4.99 Å². The molecule has 0 atom stereocenters. The summed E-state index contributed by atoms with van der Waals surface area (Å²) >= 11 is 1.61. The summed E-state index contributed by atoms with van der Waals surface area (Å²) in [5, 5.41) is 3.01. The summed E-state index contributed by atoms with van der Waals surface area (Å²) in [6.45, 7) is 5.46. The van der Waals surface area contributed by atoms with Crippen LogP contribution in [0.3, 0.4) is 0 Å². The minimum absolute atomic E-state index is 0.998. The highest BCUT2D eigenvalue weighted by Gasteiger charge is 1.94. The molecule has 0 bridgehead atoms. The third kappa shape index (κ3) is 1.33. The highest BCUT2D eigenvalue weighted by atomic mass is 32.1. The van der Waals surface area contributed by atoms with E-state index in [9.17, 15) is 0 Å². The van der Waals surface area contributed by atoms with Crippen molar-refractivity contribution in [3.63, 3.8) is 0 Å². The Morgan fingerprint density at radius 3 is 3.10 bits per heavy atom. The van der Waals surface area contributed by atoms with Crippen LogP contribution in [0.25, 0.3) is 6.08 Å². The number of thiophene rings is 1. The molecule has 10 heavy (non-hydrogen) atoms. The Morgan fingerprint density at radius 1 is 1.70 bits per heavy atom. The molecule has 52 valence electrons. The minimum atomic E-state index is 0.998. The standard InChI is InChI=1S/C8H9NS/c1-3-4-7-5-6-10-8(7)9-2/h3-6H,2H2,1H3. The van der Waals surface area contributed by atoms with Gasteiger partial charge in [-0.1, -0.05) is 12.2 Å². The average Bonchev–Trinajstić information content (AvgIpc) is 2.36. The van der Waals surface area contributed by atoms with Crippen LogP contribution < -0.4 is 0 Å². The van der Waals surface area contributed by atoms with Gasteiger partial charge in [-0.2, -0.15) is 0 Å². The normalized spacial score (nSPS) is 10.5. The monoisotopic (exact) mass is 151 g/mol. The highest BCUT2D eigenvalue weighted by Crippen LogP contribution is 2.26. The van der Waals surface area contributed by atoms with Crippen molar-refractivity contribution in [2.24, 2.45) is 4.99 Å². The Labute approximate surface area is 64.7 Å². The molecule has 2 heteroatoms. The van der Waals surface area contributed by atoms with E-state index in [4.69, 9.17) is 0 Å². The summed E-state index contributed by atoms with van der Waals surface area (Å²) in [6, 6.07) is 2.04. The summed E-state index contributed by atoms with van der Waals surface area (Å²) < 4.78 is 0. The maximum atomic E-state index is 3.87. The van der Waals surface area contributed by atoms with Crippen LogP contribution in [0.15, 0.2) is 22.5 Å². The molecular formula is C8H9NS. The molecule has 0 unspecified atom stereocenters. The van der Waals surface area contributed by atoms with Crippen molar-refractivity contribution in [1.29, 1.82) is 0 Å². The van der Waals surface area contributed by atoms with E-state index in [0.717, 1.165) is 10.6 Å². The Kier molecular flexibility index (Phi) is 2.40. The molecule has 1 aromatic rings. The summed E-state index contributed by atoms with van der Waals surface area (Å²) in [5.74, 6) is 0. The molecule has 0 aliphatic rings. The van der Waals surface area contributed by atoms with E-state index in [0.29, 0.717) is 0 Å². The number of hydrogen-bond acceptors (Lipinski definition) is 2. The van der Waals surface area contributed by atoms with Crippen molar-refractivity contribution >= 4 is 29.1 Å². The topological polar surface area (TPSA) is 12.4 Å². The van der Waals surface area contributed by atoms with Gasteiger partial charge < -0.3 is 0 Å². The predicted octanol–water partition coefficient (Wildman–Crippen LogP) is 3.11. The van der Waals surface area contributed by atoms with Gasteiger partial charge in [0.05, 0.1) is 0 Å². The molecule has 0 aliphatic heterocycles. The molecular weight excluding hydrogens is 142 g/mol. The quantitative estimate of drug-likeness (QED) is 0.576. The first-order valence-corrected chi connectivity index (χ1v) is 3.93. The molecule has 1 nitrogen and oxygen atoms in total. The SMILES string of the molecule is C=Nc1sccc1C=CC. The van der Waals surface area contributed by atoms with Crippen molar-refractivity contribution in [2.45, 2.75) is 6.92 Å². The van der Waals surface area contributed by atoms with E-state index in [1.54, 1.807) is 11.3 Å². The number of nitrogens with zero attached hydrogens (tertiary/aromatic N) is 1. The second-order valence-corrected chi connectivity index (χ2v) is 2.73. The van der Waals surface area contributed by atoms with Gasteiger partial charge in [0, 0.05) is 5.56 Å². The van der Waals surface area contributed by atoms with Gasteiger partial charge in [-0.15, -0.1) is 11.3 Å². The number of allylic oxidation sites excluding steroid dienone is 1. The highest BCUT2D eigenvalue weighted by molar-refractivity contribution is 7.14. The zero-order valence-electron chi connectivity index (χ0n) is 5.87. The maximum Gasteiger partial charge on any atom is 0.122 e. The summed E-state index contributed by atoms with van der Waals surface area (Å²) in [5.41, 5.74) is 1.16. The molecule has 0 aromatic carbocycles. The van der Waals surface area contributed by atoms with Gasteiger partial charge in [-0.25, -0.2) is 0 Å². The minimum Gasteiger partial charge on any atom is -0.253 e. The smallest absolute Gasteiger partial charge is 0.122 e. The fourth-order valence-corrected chi connectivity index (χ4v) is 1.44. The zero-order chi connectivity index (χ0) is 7.40. The van der Waals surface area contributed by atoms with Crippen LogP contribution in [0, 0.1) is 0 Å². The lowest BCUT2D eigenvalue weighted by atomic mass is 10.3. The fraction of sp³-hybridized carbons (Fsp3) is 0.125. The van der Waals surface area contributed by atoms with E-state index in [1.807, 2.05) is 30.5 Å². The van der Waals surface area contributed by atoms with Crippen LogP contribution in [0.4, 0.5) is 5.00 Å². The third-order valence-corrected chi connectivity index (χ3v) is 2.02. The molecule has 0 spiro atoms. The first-order chi connectivity index (χ1) is 4.88.